The Balaban J connectivity index is 2.38. The lowest BCUT2D eigenvalue weighted by Gasteiger charge is -1.92. The standard InChI is InChI=1S/C13H5Cl2NO2/c14-6-2-1-3-8-10(6)11-9(17-8)5-4-7-12(11)18-13(15)16-7/h1-5H. The fourth-order valence-corrected chi connectivity index (χ4v) is 2.65. The molecule has 0 saturated heterocycles. The minimum absolute atomic E-state index is 0.110. The van der Waals surface area contributed by atoms with Crippen LogP contribution in [0.15, 0.2) is 39.2 Å². The van der Waals surface area contributed by atoms with Gasteiger partial charge in [-0.05, 0) is 35.9 Å². The molecule has 0 amide bonds. The quantitative estimate of drug-likeness (QED) is 0.452. The van der Waals surface area contributed by atoms with Crippen LogP contribution in [0, 0.1) is 0 Å². The van der Waals surface area contributed by atoms with Gasteiger partial charge >= 0.3 is 0 Å². The summed E-state index contributed by atoms with van der Waals surface area (Å²) < 4.78 is 11.2. The van der Waals surface area contributed by atoms with Crippen LogP contribution < -0.4 is 0 Å². The third-order valence-corrected chi connectivity index (χ3v) is 3.42. The van der Waals surface area contributed by atoms with Crippen molar-refractivity contribution in [2.75, 3.05) is 0 Å². The minimum atomic E-state index is 0.110. The number of hydrogen-bond donors (Lipinski definition) is 0. The molecule has 0 spiro atoms. The van der Waals surface area contributed by atoms with Gasteiger partial charge in [-0.2, -0.15) is 4.98 Å². The Hall–Kier alpha value is -1.71. The van der Waals surface area contributed by atoms with Crippen LogP contribution in [0.25, 0.3) is 33.0 Å². The number of aromatic nitrogens is 1. The first-order chi connectivity index (χ1) is 8.74. The predicted molar refractivity (Wildman–Crippen MR) is 71.3 cm³/mol. The summed E-state index contributed by atoms with van der Waals surface area (Å²) in [6.07, 6.45) is 0. The molecule has 4 rings (SSSR count). The Morgan fingerprint density at radius 3 is 2.61 bits per heavy atom. The van der Waals surface area contributed by atoms with Crippen LogP contribution in [0.5, 0.6) is 0 Å². The van der Waals surface area contributed by atoms with Gasteiger partial charge in [0.25, 0.3) is 5.35 Å². The maximum absolute atomic E-state index is 6.23. The van der Waals surface area contributed by atoms with Gasteiger partial charge in [0.1, 0.15) is 16.7 Å². The highest BCUT2D eigenvalue weighted by Crippen LogP contribution is 2.38. The Morgan fingerprint density at radius 1 is 0.889 bits per heavy atom. The zero-order valence-electron chi connectivity index (χ0n) is 8.91. The van der Waals surface area contributed by atoms with Gasteiger partial charge in [-0.1, -0.05) is 17.7 Å². The predicted octanol–water partition coefficient (Wildman–Crippen LogP) is 5.03. The number of oxazole rings is 1. The monoisotopic (exact) mass is 277 g/mol. The highest BCUT2D eigenvalue weighted by atomic mass is 35.5. The van der Waals surface area contributed by atoms with Gasteiger partial charge < -0.3 is 8.83 Å². The summed E-state index contributed by atoms with van der Waals surface area (Å²) in [5.41, 5.74) is 2.72. The van der Waals surface area contributed by atoms with Crippen LogP contribution in [0.1, 0.15) is 0 Å². The van der Waals surface area contributed by atoms with Crippen LogP contribution in [0.4, 0.5) is 0 Å². The molecule has 0 fully saturated rings. The number of hydrogen-bond acceptors (Lipinski definition) is 3. The van der Waals surface area contributed by atoms with Crippen LogP contribution in [0.3, 0.4) is 0 Å². The van der Waals surface area contributed by atoms with Gasteiger partial charge in [0.15, 0.2) is 5.58 Å². The number of rotatable bonds is 0. The highest BCUT2D eigenvalue weighted by Gasteiger charge is 2.16. The first-order valence-corrected chi connectivity index (χ1v) is 6.05. The Kier molecular flexibility index (Phi) is 1.93. The second-order valence-corrected chi connectivity index (χ2v) is 4.70. The van der Waals surface area contributed by atoms with Crippen molar-refractivity contribution in [3.63, 3.8) is 0 Å². The molecule has 0 radical (unpaired) electrons. The van der Waals surface area contributed by atoms with E-state index in [-0.39, 0.29) is 5.35 Å². The Bertz CT molecular complexity index is 907. The fourth-order valence-electron chi connectivity index (χ4n) is 2.22. The van der Waals surface area contributed by atoms with E-state index in [0.29, 0.717) is 21.7 Å². The van der Waals surface area contributed by atoms with E-state index in [1.807, 2.05) is 30.3 Å². The van der Waals surface area contributed by atoms with Crippen molar-refractivity contribution in [3.05, 3.63) is 40.7 Å². The van der Waals surface area contributed by atoms with E-state index >= 15 is 0 Å². The molecule has 0 aliphatic carbocycles. The van der Waals surface area contributed by atoms with E-state index in [0.717, 1.165) is 16.4 Å². The normalized spacial score (nSPS) is 11.9. The van der Waals surface area contributed by atoms with E-state index in [2.05, 4.69) is 4.98 Å². The largest absolute Gasteiger partial charge is 0.456 e. The maximum atomic E-state index is 6.23. The van der Waals surface area contributed by atoms with Crippen molar-refractivity contribution in [1.29, 1.82) is 0 Å². The van der Waals surface area contributed by atoms with Gasteiger partial charge in [-0.25, -0.2) is 0 Å². The van der Waals surface area contributed by atoms with Gasteiger partial charge in [0.05, 0.1) is 15.8 Å². The average molecular weight is 278 g/mol. The van der Waals surface area contributed by atoms with Crippen LogP contribution in [-0.4, -0.2) is 4.98 Å². The first kappa shape index (κ1) is 10.2. The first-order valence-electron chi connectivity index (χ1n) is 5.30. The molecule has 2 heterocycles. The molecule has 2 aromatic carbocycles. The molecule has 0 bridgehead atoms. The van der Waals surface area contributed by atoms with Crippen LogP contribution in [0.2, 0.25) is 10.4 Å². The molecule has 5 heteroatoms. The molecule has 0 aliphatic rings. The van der Waals surface area contributed by atoms with E-state index in [1.165, 1.54) is 0 Å². The number of furan rings is 1. The molecule has 18 heavy (non-hydrogen) atoms. The number of fused-ring (bicyclic) bond motifs is 5. The van der Waals surface area contributed by atoms with Gasteiger partial charge in [0, 0.05) is 0 Å². The van der Waals surface area contributed by atoms with E-state index < -0.39 is 0 Å². The molecule has 0 atom stereocenters. The number of benzene rings is 2. The summed E-state index contributed by atoms with van der Waals surface area (Å²) in [7, 11) is 0. The summed E-state index contributed by atoms with van der Waals surface area (Å²) in [6.45, 7) is 0. The van der Waals surface area contributed by atoms with Crippen molar-refractivity contribution >= 4 is 56.2 Å². The zero-order valence-corrected chi connectivity index (χ0v) is 10.4. The van der Waals surface area contributed by atoms with Crippen LogP contribution in [-0.2, 0) is 0 Å². The molecular weight excluding hydrogens is 273 g/mol. The molecule has 2 aromatic heterocycles. The topological polar surface area (TPSA) is 39.2 Å². The minimum Gasteiger partial charge on any atom is -0.456 e. The summed E-state index contributed by atoms with van der Waals surface area (Å²) in [4.78, 5) is 4.09. The molecule has 88 valence electrons. The number of nitrogens with zero attached hydrogens (tertiary/aromatic N) is 1. The summed E-state index contributed by atoms with van der Waals surface area (Å²) in [6, 6.07) is 9.18. The van der Waals surface area contributed by atoms with E-state index in [9.17, 15) is 0 Å². The lowest BCUT2D eigenvalue weighted by molar-refractivity contribution is 0.607. The molecule has 0 N–H and O–H groups in total. The van der Waals surface area contributed by atoms with Crippen molar-refractivity contribution in [1.82, 2.24) is 4.98 Å². The summed E-state index contributed by atoms with van der Waals surface area (Å²) in [5.74, 6) is 0. The van der Waals surface area contributed by atoms with Crippen molar-refractivity contribution in [2.24, 2.45) is 0 Å². The molecule has 0 saturated carbocycles. The van der Waals surface area contributed by atoms with Gasteiger partial charge in [0.2, 0.25) is 0 Å². The second kappa shape index (κ2) is 3.40. The zero-order chi connectivity index (χ0) is 12.3. The molecular formula is C13H5Cl2NO2. The molecule has 0 aliphatic heterocycles. The van der Waals surface area contributed by atoms with Gasteiger partial charge in [-0.3, -0.25) is 0 Å². The van der Waals surface area contributed by atoms with Gasteiger partial charge in [-0.15, -0.1) is 0 Å². The third kappa shape index (κ3) is 1.23. The van der Waals surface area contributed by atoms with E-state index in [1.54, 1.807) is 0 Å². The number of halogens is 2. The van der Waals surface area contributed by atoms with Crippen molar-refractivity contribution in [2.45, 2.75) is 0 Å². The highest BCUT2D eigenvalue weighted by molar-refractivity contribution is 6.39. The molecule has 4 aromatic rings. The second-order valence-electron chi connectivity index (χ2n) is 3.97. The third-order valence-electron chi connectivity index (χ3n) is 2.94. The molecule has 0 unspecified atom stereocenters. The smallest absolute Gasteiger partial charge is 0.293 e. The Morgan fingerprint density at radius 2 is 1.72 bits per heavy atom. The average Bonchev–Trinajstić information content (AvgIpc) is 2.88. The van der Waals surface area contributed by atoms with E-state index in [4.69, 9.17) is 32.0 Å². The lowest BCUT2D eigenvalue weighted by atomic mass is 10.1. The molecule has 3 nitrogen and oxygen atoms in total. The SMILES string of the molecule is Clc1nc2ccc3oc4cccc(Cl)c4c3c2o1. The lowest BCUT2D eigenvalue weighted by Crippen LogP contribution is -1.71. The van der Waals surface area contributed by atoms with Crippen molar-refractivity contribution < 1.29 is 8.83 Å². The summed E-state index contributed by atoms with van der Waals surface area (Å²) in [5, 5.41) is 2.37. The summed E-state index contributed by atoms with van der Waals surface area (Å²) >= 11 is 12.0. The van der Waals surface area contributed by atoms with Crippen LogP contribution >= 0.6 is 23.2 Å². The fraction of sp³-hybridized carbons (Fsp3) is 0. The Labute approximate surface area is 111 Å². The van der Waals surface area contributed by atoms with Crippen molar-refractivity contribution in [3.8, 4) is 0 Å². The maximum Gasteiger partial charge on any atom is 0.293 e.